The molecule has 1 aromatic carbocycles. The zero-order valence-corrected chi connectivity index (χ0v) is 10.9. The van der Waals surface area contributed by atoms with Crippen LogP contribution < -0.4 is 4.72 Å². The van der Waals surface area contributed by atoms with Crippen LogP contribution in [0.4, 0.5) is 8.78 Å². The summed E-state index contributed by atoms with van der Waals surface area (Å²) in [5, 5.41) is 9.67. The number of rotatable bonds is 5. The Morgan fingerprint density at radius 3 is 2.44 bits per heavy atom. The van der Waals surface area contributed by atoms with Crippen molar-refractivity contribution < 1.29 is 22.3 Å². The van der Waals surface area contributed by atoms with Crippen LogP contribution in [-0.2, 0) is 10.0 Å². The predicted octanol–water partition coefficient (Wildman–Crippen LogP) is 1.40. The fourth-order valence-corrected chi connectivity index (χ4v) is 2.28. The summed E-state index contributed by atoms with van der Waals surface area (Å²) in [6.45, 7) is 2.97. The Morgan fingerprint density at radius 1 is 1.33 bits per heavy atom. The van der Waals surface area contributed by atoms with Gasteiger partial charge in [0.15, 0.2) is 11.6 Å². The SMILES string of the molecule is CCC(C)(O)CNS(=O)(=O)c1ccc(F)c(F)c1. The van der Waals surface area contributed by atoms with Crippen molar-refractivity contribution in [2.45, 2.75) is 30.8 Å². The molecule has 1 unspecified atom stereocenters. The lowest BCUT2D eigenvalue weighted by molar-refractivity contribution is 0.0613. The zero-order valence-electron chi connectivity index (χ0n) is 10.1. The van der Waals surface area contributed by atoms with Crippen molar-refractivity contribution in [1.29, 1.82) is 0 Å². The topological polar surface area (TPSA) is 66.4 Å². The molecule has 4 nitrogen and oxygen atoms in total. The second kappa shape index (κ2) is 5.29. The Morgan fingerprint density at radius 2 is 1.94 bits per heavy atom. The Bertz CT molecular complexity index is 529. The van der Waals surface area contributed by atoms with Gasteiger partial charge in [0.25, 0.3) is 0 Å². The van der Waals surface area contributed by atoms with Crippen LogP contribution in [0.1, 0.15) is 20.3 Å². The number of halogens is 2. The largest absolute Gasteiger partial charge is 0.389 e. The van der Waals surface area contributed by atoms with Gasteiger partial charge in [-0.15, -0.1) is 0 Å². The maximum atomic E-state index is 12.9. The van der Waals surface area contributed by atoms with Crippen LogP contribution >= 0.6 is 0 Å². The standard InChI is InChI=1S/C11H15F2NO3S/c1-3-11(2,15)7-14-18(16,17)8-4-5-9(12)10(13)6-8/h4-6,14-15H,3,7H2,1-2H3. The lowest BCUT2D eigenvalue weighted by atomic mass is 10.1. The molecule has 0 aliphatic rings. The van der Waals surface area contributed by atoms with Gasteiger partial charge in [0, 0.05) is 6.54 Å². The molecule has 0 aromatic heterocycles. The first kappa shape index (κ1) is 15.0. The summed E-state index contributed by atoms with van der Waals surface area (Å²) in [5.74, 6) is -2.35. The fourth-order valence-electron chi connectivity index (χ4n) is 1.10. The molecule has 102 valence electrons. The molecule has 0 fully saturated rings. The first-order valence-electron chi connectivity index (χ1n) is 5.35. The molecule has 0 spiro atoms. The van der Waals surface area contributed by atoms with E-state index >= 15 is 0 Å². The van der Waals surface area contributed by atoms with Gasteiger partial charge in [0.05, 0.1) is 10.5 Å². The van der Waals surface area contributed by atoms with E-state index in [9.17, 15) is 22.3 Å². The Balaban J connectivity index is 2.90. The minimum atomic E-state index is -3.96. The number of hydrogen-bond acceptors (Lipinski definition) is 3. The van der Waals surface area contributed by atoms with Gasteiger partial charge in [-0.2, -0.15) is 0 Å². The number of sulfonamides is 1. The van der Waals surface area contributed by atoms with Gasteiger partial charge in [-0.25, -0.2) is 21.9 Å². The molecule has 2 N–H and O–H groups in total. The highest BCUT2D eigenvalue weighted by atomic mass is 32.2. The molecule has 1 aromatic rings. The highest BCUT2D eigenvalue weighted by molar-refractivity contribution is 7.89. The number of benzene rings is 1. The molecular formula is C11H15F2NO3S. The van der Waals surface area contributed by atoms with Crippen LogP contribution in [0, 0.1) is 11.6 Å². The molecule has 0 aliphatic heterocycles. The van der Waals surface area contributed by atoms with E-state index in [0.29, 0.717) is 12.5 Å². The normalized spacial score (nSPS) is 15.4. The summed E-state index contributed by atoms with van der Waals surface area (Å²) in [4.78, 5) is -0.381. The third-order valence-electron chi connectivity index (χ3n) is 2.61. The smallest absolute Gasteiger partial charge is 0.240 e. The van der Waals surface area contributed by atoms with Crippen molar-refractivity contribution >= 4 is 10.0 Å². The highest BCUT2D eigenvalue weighted by Gasteiger charge is 2.23. The summed E-state index contributed by atoms with van der Waals surface area (Å²) in [7, 11) is -3.96. The maximum absolute atomic E-state index is 12.9. The molecule has 18 heavy (non-hydrogen) atoms. The molecular weight excluding hydrogens is 264 g/mol. The van der Waals surface area contributed by atoms with Crippen molar-refractivity contribution in [3.05, 3.63) is 29.8 Å². The van der Waals surface area contributed by atoms with Gasteiger partial charge in [0.1, 0.15) is 0 Å². The highest BCUT2D eigenvalue weighted by Crippen LogP contribution is 2.15. The van der Waals surface area contributed by atoms with Crippen LogP contribution in [0.25, 0.3) is 0 Å². The molecule has 0 heterocycles. The van der Waals surface area contributed by atoms with Gasteiger partial charge in [-0.3, -0.25) is 0 Å². The van der Waals surface area contributed by atoms with Gasteiger partial charge >= 0.3 is 0 Å². The first-order valence-corrected chi connectivity index (χ1v) is 6.83. The average molecular weight is 279 g/mol. The number of hydrogen-bond donors (Lipinski definition) is 2. The van der Waals surface area contributed by atoms with E-state index in [1.807, 2.05) is 0 Å². The van der Waals surface area contributed by atoms with Crippen LogP contribution in [0.3, 0.4) is 0 Å². The summed E-state index contributed by atoms with van der Waals surface area (Å²) >= 11 is 0. The van der Waals surface area contributed by atoms with E-state index in [1.165, 1.54) is 6.92 Å². The van der Waals surface area contributed by atoms with Crippen LogP contribution in [0.2, 0.25) is 0 Å². The molecule has 1 rings (SSSR count). The van der Waals surface area contributed by atoms with E-state index in [2.05, 4.69) is 4.72 Å². The minimum absolute atomic E-state index is 0.204. The van der Waals surface area contributed by atoms with Crippen molar-refractivity contribution in [2.24, 2.45) is 0 Å². The fraction of sp³-hybridized carbons (Fsp3) is 0.455. The minimum Gasteiger partial charge on any atom is -0.389 e. The van der Waals surface area contributed by atoms with E-state index in [1.54, 1.807) is 6.92 Å². The van der Waals surface area contributed by atoms with Crippen molar-refractivity contribution in [3.63, 3.8) is 0 Å². The maximum Gasteiger partial charge on any atom is 0.240 e. The second-order valence-electron chi connectivity index (χ2n) is 4.25. The van der Waals surface area contributed by atoms with Crippen molar-refractivity contribution in [3.8, 4) is 0 Å². The van der Waals surface area contributed by atoms with E-state index < -0.39 is 27.3 Å². The Labute approximate surface area is 105 Å². The summed E-state index contributed by atoms with van der Waals surface area (Å²) < 4.78 is 51.3. The molecule has 0 radical (unpaired) electrons. The van der Waals surface area contributed by atoms with E-state index in [0.717, 1.165) is 12.1 Å². The Hall–Kier alpha value is -1.05. The zero-order chi connectivity index (χ0) is 14.0. The first-order chi connectivity index (χ1) is 8.18. The average Bonchev–Trinajstić information content (AvgIpc) is 2.30. The van der Waals surface area contributed by atoms with Crippen LogP contribution in [-0.4, -0.2) is 25.7 Å². The van der Waals surface area contributed by atoms with Crippen LogP contribution in [0.15, 0.2) is 23.1 Å². The lowest BCUT2D eigenvalue weighted by Crippen LogP contribution is -2.40. The van der Waals surface area contributed by atoms with E-state index in [4.69, 9.17) is 0 Å². The quantitative estimate of drug-likeness (QED) is 0.856. The molecule has 1 atom stereocenters. The number of aliphatic hydroxyl groups is 1. The molecule has 0 saturated carbocycles. The lowest BCUT2D eigenvalue weighted by Gasteiger charge is -2.21. The molecule has 0 amide bonds. The Kier molecular flexibility index (Phi) is 4.41. The third-order valence-corrected chi connectivity index (χ3v) is 4.00. The van der Waals surface area contributed by atoms with E-state index in [-0.39, 0.29) is 11.4 Å². The van der Waals surface area contributed by atoms with Gasteiger partial charge in [-0.05, 0) is 31.5 Å². The van der Waals surface area contributed by atoms with Gasteiger partial charge in [-0.1, -0.05) is 6.92 Å². The summed E-state index contributed by atoms with van der Waals surface area (Å²) in [5.41, 5.74) is -1.19. The summed E-state index contributed by atoms with van der Waals surface area (Å²) in [6.07, 6.45) is 0.354. The second-order valence-corrected chi connectivity index (χ2v) is 6.02. The third kappa shape index (κ3) is 3.72. The van der Waals surface area contributed by atoms with Gasteiger partial charge in [0.2, 0.25) is 10.0 Å². The predicted molar refractivity (Wildman–Crippen MR) is 62.5 cm³/mol. The number of nitrogens with one attached hydrogen (secondary N) is 1. The molecule has 0 saturated heterocycles. The monoisotopic (exact) mass is 279 g/mol. The van der Waals surface area contributed by atoms with Crippen molar-refractivity contribution in [1.82, 2.24) is 4.72 Å². The molecule has 7 heteroatoms. The van der Waals surface area contributed by atoms with Crippen LogP contribution in [0.5, 0.6) is 0 Å². The molecule has 0 bridgehead atoms. The van der Waals surface area contributed by atoms with Gasteiger partial charge < -0.3 is 5.11 Å². The van der Waals surface area contributed by atoms with Crippen molar-refractivity contribution in [2.75, 3.05) is 6.54 Å². The summed E-state index contributed by atoms with van der Waals surface area (Å²) in [6, 6.07) is 2.29. The molecule has 0 aliphatic carbocycles.